The second-order valence-electron chi connectivity index (χ2n) is 7.97. The van der Waals surface area contributed by atoms with E-state index in [0.717, 1.165) is 23.5 Å². The first kappa shape index (κ1) is 23.7. The van der Waals surface area contributed by atoms with Crippen LogP contribution < -0.4 is 15.0 Å². The zero-order valence-electron chi connectivity index (χ0n) is 18.7. The number of amides is 1. The molecule has 2 aromatic heterocycles. The maximum absolute atomic E-state index is 13.2. The zero-order valence-corrected chi connectivity index (χ0v) is 19.5. The van der Waals surface area contributed by atoms with Gasteiger partial charge < -0.3 is 14.6 Å². The molecule has 1 unspecified atom stereocenters. The molecule has 3 heterocycles. The van der Waals surface area contributed by atoms with Crippen molar-refractivity contribution in [1.82, 2.24) is 14.5 Å². The first-order valence-corrected chi connectivity index (χ1v) is 11.5. The van der Waals surface area contributed by atoms with Gasteiger partial charge in [-0.2, -0.15) is 13.2 Å². The van der Waals surface area contributed by atoms with Gasteiger partial charge in [0.25, 0.3) is 5.56 Å². The van der Waals surface area contributed by atoms with Gasteiger partial charge in [0.2, 0.25) is 0 Å². The Morgan fingerprint density at radius 3 is 2.50 bits per heavy atom. The fourth-order valence-electron chi connectivity index (χ4n) is 3.80. The molecule has 0 radical (unpaired) electrons. The van der Waals surface area contributed by atoms with Crippen molar-refractivity contribution in [3.8, 4) is 27.8 Å². The van der Waals surface area contributed by atoms with Gasteiger partial charge >= 0.3 is 12.3 Å². The summed E-state index contributed by atoms with van der Waals surface area (Å²) in [7, 11) is 1.44. The highest BCUT2D eigenvalue weighted by atomic mass is 32.1. The van der Waals surface area contributed by atoms with Gasteiger partial charge in [0.05, 0.1) is 23.9 Å². The molecule has 1 atom stereocenters. The van der Waals surface area contributed by atoms with Gasteiger partial charge in [-0.05, 0) is 30.3 Å². The number of methoxy groups -OCH3 is 1. The van der Waals surface area contributed by atoms with Gasteiger partial charge in [0.1, 0.15) is 9.71 Å². The Kier molecular flexibility index (Phi) is 5.83. The largest absolute Gasteiger partial charge is 0.493 e. The van der Waals surface area contributed by atoms with Crippen LogP contribution >= 0.6 is 11.3 Å². The maximum Gasteiger partial charge on any atom is 0.416 e. The average Bonchev–Trinajstić information content (AvgIpc) is 3.27. The molecule has 4 aromatic rings. The van der Waals surface area contributed by atoms with Gasteiger partial charge in [-0.3, -0.25) is 14.3 Å². The highest BCUT2D eigenvalue weighted by Crippen LogP contribution is 2.35. The van der Waals surface area contributed by atoms with Crippen molar-refractivity contribution < 1.29 is 32.5 Å². The summed E-state index contributed by atoms with van der Waals surface area (Å²) in [5.74, 6) is 0.667. The molecule has 12 heteroatoms. The smallest absolute Gasteiger partial charge is 0.416 e. The number of alkyl halides is 3. The van der Waals surface area contributed by atoms with E-state index in [9.17, 15) is 22.8 Å². The lowest BCUT2D eigenvalue weighted by molar-refractivity contribution is -0.137. The third-order valence-electron chi connectivity index (χ3n) is 5.81. The predicted molar refractivity (Wildman–Crippen MR) is 126 cm³/mol. The van der Waals surface area contributed by atoms with E-state index in [1.165, 1.54) is 28.7 Å². The van der Waals surface area contributed by atoms with E-state index in [-0.39, 0.29) is 5.56 Å². The Morgan fingerprint density at radius 1 is 1.14 bits per heavy atom. The Hall–Kier alpha value is -4.06. The minimum atomic E-state index is -4.44. The van der Waals surface area contributed by atoms with Crippen LogP contribution in [0.1, 0.15) is 12.0 Å². The fraction of sp³-hybridized carbons (Fsp3) is 0.208. The van der Waals surface area contributed by atoms with E-state index in [2.05, 4.69) is 4.98 Å². The Labute approximate surface area is 205 Å². The Balaban J connectivity index is 1.45. The molecule has 186 valence electrons. The number of rotatable bonds is 5. The van der Waals surface area contributed by atoms with E-state index < -0.39 is 24.1 Å². The first-order chi connectivity index (χ1) is 17.2. The number of thiazole rings is 1. The van der Waals surface area contributed by atoms with Crippen LogP contribution in [0, 0.1) is 0 Å². The number of nitrogens with zero attached hydrogens (tertiary/aromatic N) is 3. The quantitative estimate of drug-likeness (QED) is 0.390. The maximum atomic E-state index is 13.2. The molecular formula is C24H18F3N3O5S. The first-order valence-electron chi connectivity index (χ1n) is 10.7. The number of hydrogen-bond donors (Lipinski definition) is 1. The summed E-state index contributed by atoms with van der Waals surface area (Å²) in [6, 6.07) is 11.1. The van der Waals surface area contributed by atoms with Gasteiger partial charge in [0.15, 0.2) is 17.7 Å². The standard InChI is InChI=1S/C24H18F3N3O5S/c1-34-18-12-15(6-7-17(18)35-19-9-11-30(19)23(32)33)29-10-8-16-20(22(29)31)36-21(28-16)13-2-4-14(5-3-13)24(25,26)27/h2-8,10,12,19H,9,11H2,1H3,(H,32,33). The van der Waals surface area contributed by atoms with Crippen LogP contribution in [0.3, 0.4) is 0 Å². The van der Waals surface area contributed by atoms with Gasteiger partial charge in [0, 0.05) is 30.8 Å². The van der Waals surface area contributed by atoms with Crippen molar-refractivity contribution in [2.45, 2.75) is 18.8 Å². The monoisotopic (exact) mass is 517 g/mol. The second kappa shape index (κ2) is 8.86. The molecule has 8 nitrogen and oxygen atoms in total. The lowest BCUT2D eigenvalue weighted by atomic mass is 10.1. The third-order valence-corrected chi connectivity index (χ3v) is 6.91. The van der Waals surface area contributed by atoms with E-state index in [0.29, 0.717) is 50.9 Å². The lowest BCUT2D eigenvalue weighted by Crippen LogP contribution is -2.53. The number of hydrogen-bond acceptors (Lipinski definition) is 6. The minimum Gasteiger partial charge on any atom is -0.493 e. The number of aromatic nitrogens is 2. The molecule has 0 bridgehead atoms. The summed E-state index contributed by atoms with van der Waals surface area (Å²) in [6.07, 6.45) is -4.01. The van der Waals surface area contributed by atoms with E-state index >= 15 is 0 Å². The number of fused-ring (bicyclic) bond motifs is 1. The predicted octanol–water partition coefficient (Wildman–Crippen LogP) is 5.23. The molecule has 36 heavy (non-hydrogen) atoms. The van der Waals surface area contributed by atoms with Crippen molar-refractivity contribution in [3.63, 3.8) is 0 Å². The summed E-state index contributed by atoms with van der Waals surface area (Å²) in [5, 5.41) is 9.59. The minimum absolute atomic E-state index is 0.325. The van der Waals surface area contributed by atoms with Crippen LogP contribution in [0.15, 0.2) is 59.5 Å². The van der Waals surface area contributed by atoms with Crippen LogP contribution in [0.5, 0.6) is 11.5 Å². The molecule has 5 rings (SSSR count). The van der Waals surface area contributed by atoms with Crippen molar-refractivity contribution in [2.75, 3.05) is 13.7 Å². The molecule has 1 aliphatic rings. The summed E-state index contributed by atoms with van der Waals surface area (Å²) in [4.78, 5) is 30.0. The molecule has 1 saturated heterocycles. The number of carboxylic acid groups (broad SMARTS) is 1. The number of ether oxygens (including phenoxy) is 2. The molecule has 1 amide bonds. The molecule has 0 saturated carbocycles. The topological polar surface area (TPSA) is 93.9 Å². The van der Waals surface area contributed by atoms with Crippen LogP contribution in [0.2, 0.25) is 0 Å². The Bertz CT molecular complexity index is 1510. The number of pyridine rings is 1. The SMILES string of the molecule is COc1cc(-n2ccc3nc(-c4ccc(C(F)(F)F)cc4)sc3c2=O)ccc1OC1CCN1C(=O)O. The fourth-order valence-corrected chi connectivity index (χ4v) is 4.80. The lowest BCUT2D eigenvalue weighted by Gasteiger charge is -2.38. The Morgan fingerprint density at radius 2 is 1.89 bits per heavy atom. The van der Waals surface area contributed by atoms with Crippen molar-refractivity contribution in [3.05, 3.63) is 70.6 Å². The zero-order chi connectivity index (χ0) is 25.6. The van der Waals surface area contributed by atoms with Crippen molar-refractivity contribution in [1.29, 1.82) is 0 Å². The van der Waals surface area contributed by atoms with Crippen molar-refractivity contribution >= 4 is 27.6 Å². The molecule has 1 aliphatic heterocycles. The summed E-state index contributed by atoms with van der Waals surface area (Å²) in [5.41, 5.74) is 0.282. The average molecular weight is 517 g/mol. The van der Waals surface area contributed by atoms with E-state index in [1.807, 2.05) is 0 Å². The normalized spacial score (nSPS) is 15.6. The highest BCUT2D eigenvalue weighted by molar-refractivity contribution is 7.21. The van der Waals surface area contributed by atoms with Gasteiger partial charge in [-0.25, -0.2) is 9.78 Å². The summed E-state index contributed by atoms with van der Waals surface area (Å²) in [6.45, 7) is 0.388. The van der Waals surface area contributed by atoms with Crippen LogP contribution in [0.25, 0.3) is 26.5 Å². The molecular weight excluding hydrogens is 499 g/mol. The number of likely N-dealkylation sites (tertiary alicyclic amines) is 1. The highest BCUT2D eigenvalue weighted by Gasteiger charge is 2.34. The number of benzene rings is 2. The molecule has 0 aliphatic carbocycles. The van der Waals surface area contributed by atoms with Gasteiger partial charge in [-0.15, -0.1) is 11.3 Å². The second-order valence-corrected chi connectivity index (χ2v) is 8.97. The van der Waals surface area contributed by atoms with E-state index in [4.69, 9.17) is 14.6 Å². The third kappa shape index (κ3) is 4.24. The summed E-state index contributed by atoms with van der Waals surface area (Å²) < 4.78 is 51.5. The van der Waals surface area contributed by atoms with Gasteiger partial charge in [-0.1, -0.05) is 12.1 Å². The van der Waals surface area contributed by atoms with Crippen molar-refractivity contribution in [2.24, 2.45) is 0 Å². The summed E-state index contributed by atoms with van der Waals surface area (Å²) >= 11 is 1.09. The molecule has 2 aromatic carbocycles. The van der Waals surface area contributed by atoms with Crippen LogP contribution in [-0.2, 0) is 6.18 Å². The molecule has 1 fully saturated rings. The number of halogens is 3. The molecule has 1 N–H and O–H groups in total. The van der Waals surface area contributed by atoms with Crippen LogP contribution in [-0.4, -0.2) is 45.5 Å². The van der Waals surface area contributed by atoms with Crippen LogP contribution in [0.4, 0.5) is 18.0 Å². The van der Waals surface area contributed by atoms with E-state index in [1.54, 1.807) is 30.5 Å². The molecule has 0 spiro atoms. The number of carbonyl (C=O) groups is 1.